The fraction of sp³-hybridized carbons (Fsp3) is 0.250. The third-order valence-corrected chi connectivity index (χ3v) is 6.74. The monoisotopic (exact) mass is 420 g/mol. The Morgan fingerprint density at radius 3 is 2.60 bits per heavy atom. The first-order chi connectivity index (χ1) is 14.5. The van der Waals surface area contributed by atoms with Crippen LogP contribution in [0.4, 0.5) is 0 Å². The number of thiophene rings is 1. The van der Waals surface area contributed by atoms with Gasteiger partial charge >= 0.3 is 0 Å². The van der Waals surface area contributed by atoms with Gasteiger partial charge in [0.25, 0.3) is 5.91 Å². The number of methoxy groups -OCH3 is 1. The van der Waals surface area contributed by atoms with Crippen LogP contribution >= 0.6 is 11.3 Å². The maximum atomic E-state index is 13.1. The van der Waals surface area contributed by atoms with Crippen LogP contribution in [0.5, 0.6) is 5.75 Å². The van der Waals surface area contributed by atoms with Gasteiger partial charge in [0.15, 0.2) is 0 Å². The molecule has 0 aliphatic carbocycles. The maximum Gasteiger partial charge on any atom is 0.257 e. The molecule has 2 aromatic carbocycles. The number of carbonyl (C=O) groups is 2. The van der Waals surface area contributed by atoms with Gasteiger partial charge in [-0.05, 0) is 47.5 Å². The van der Waals surface area contributed by atoms with Crippen LogP contribution in [-0.4, -0.2) is 36.9 Å². The van der Waals surface area contributed by atoms with Crippen LogP contribution < -0.4 is 10.5 Å². The van der Waals surface area contributed by atoms with Gasteiger partial charge in [0, 0.05) is 18.0 Å². The Balaban J connectivity index is 1.62. The van der Waals surface area contributed by atoms with Crippen molar-refractivity contribution in [1.82, 2.24) is 4.90 Å². The summed E-state index contributed by atoms with van der Waals surface area (Å²) in [5.74, 6) is 0.0306. The zero-order chi connectivity index (χ0) is 21.1. The highest BCUT2D eigenvalue weighted by atomic mass is 32.1. The van der Waals surface area contributed by atoms with Gasteiger partial charge in [0.1, 0.15) is 5.75 Å². The van der Waals surface area contributed by atoms with Crippen molar-refractivity contribution in [2.24, 2.45) is 11.1 Å². The molecule has 0 unspecified atom stereocenters. The summed E-state index contributed by atoms with van der Waals surface area (Å²) < 4.78 is 5.34. The summed E-state index contributed by atoms with van der Waals surface area (Å²) >= 11 is 1.67. The standard InChI is InChI=1S/C24H24N2O3S/c1-29-20-10-5-4-9-19(20)22(27)26-13-12-24(16-26,23(25)28)15-17-7-2-3-8-18(17)21-11-6-14-30-21/h2-11,14H,12-13,15-16H2,1H3,(H2,25,28)/t24-/m1/s1. The third-order valence-electron chi connectivity index (χ3n) is 5.83. The van der Waals surface area contributed by atoms with Crippen molar-refractivity contribution < 1.29 is 14.3 Å². The molecule has 30 heavy (non-hydrogen) atoms. The average Bonchev–Trinajstić information content (AvgIpc) is 3.45. The van der Waals surface area contributed by atoms with Crippen molar-refractivity contribution in [3.8, 4) is 16.2 Å². The van der Waals surface area contributed by atoms with Crippen molar-refractivity contribution >= 4 is 23.2 Å². The molecule has 4 rings (SSSR count). The van der Waals surface area contributed by atoms with E-state index in [2.05, 4.69) is 12.1 Å². The number of para-hydroxylation sites is 1. The maximum absolute atomic E-state index is 13.1. The number of ether oxygens (including phenoxy) is 1. The lowest BCUT2D eigenvalue weighted by Crippen LogP contribution is -2.42. The second-order valence-corrected chi connectivity index (χ2v) is 8.58. The van der Waals surface area contributed by atoms with Crippen LogP contribution in [0.2, 0.25) is 0 Å². The largest absolute Gasteiger partial charge is 0.496 e. The van der Waals surface area contributed by atoms with E-state index in [1.54, 1.807) is 35.5 Å². The first-order valence-electron chi connectivity index (χ1n) is 9.88. The molecule has 0 radical (unpaired) electrons. The molecule has 1 saturated heterocycles. The summed E-state index contributed by atoms with van der Waals surface area (Å²) in [6, 6.07) is 19.3. The first-order valence-corrected chi connectivity index (χ1v) is 10.8. The number of amides is 2. The third kappa shape index (κ3) is 3.71. The van der Waals surface area contributed by atoms with E-state index in [9.17, 15) is 9.59 Å². The Hall–Kier alpha value is -3.12. The molecule has 0 spiro atoms. The minimum Gasteiger partial charge on any atom is -0.496 e. The summed E-state index contributed by atoms with van der Waals surface area (Å²) in [5.41, 5.74) is 7.81. The SMILES string of the molecule is COc1ccccc1C(=O)N1CC[C@](Cc2ccccc2-c2cccs2)(C(N)=O)C1. The quantitative estimate of drug-likeness (QED) is 0.655. The Morgan fingerprint density at radius 1 is 1.10 bits per heavy atom. The van der Waals surface area contributed by atoms with Gasteiger partial charge in [-0.3, -0.25) is 9.59 Å². The Morgan fingerprint density at radius 2 is 1.87 bits per heavy atom. The number of rotatable bonds is 6. The highest BCUT2D eigenvalue weighted by Crippen LogP contribution is 2.38. The van der Waals surface area contributed by atoms with E-state index in [1.165, 1.54) is 0 Å². The van der Waals surface area contributed by atoms with Crippen molar-refractivity contribution in [3.63, 3.8) is 0 Å². The van der Waals surface area contributed by atoms with Crippen molar-refractivity contribution in [1.29, 1.82) is 0 Å². The molecule has 154 valence electrons. The van der Waals surface area contributed by atoms with Crippen molar-refractivity contribution in [2.75, 3.05) is 20.2 Å². The second-order valence-electron chi connectivity index (χ2n) is 7.63. The zero-order valence-electron chi connectivity index (χ0n) is 16.8. The number of primary amides is 1. The molecule has 2 heterocycles. The molecule has 5 nitrogen and oxygen atoms in total. The first kappa shape index (κ1) is 20.2. The minimum absolute atomic E-state index is 0.137. The zero-order valence-corrected chi connectivity index (χ0v) is 17.7. The summed E-state index contributed by atoms with van der Waals surface area (Å²) in [7, 11) is 1.55. The van der Waals surface area contributed by atoms with Crippen molar-refractivity contribution in [2.45, 2.75) is 12.8 Å². The van der Waals surface area contributed by atoms with Gasteiger partial charge in [0.2, 0.25) is 5.91 Å². The number of nitrogens with two attached hydrogens (primary N) is 1. The summed E-state index contributed by atoms with van der Waals surface area (Å²) in [5, 5.41) is 2.04. The lowest BCUT2D eigenvalue weighted by Gasteiger charge is -2.27. The van der Waals surface area contributed by atoms with E-state index in [0.717, 1.165) is 16.0 Å². The normalized spacial score (nSPS) is 18.4. The van der Waals surface area contributed by atoms with Gasteiger partial charge in [0.05, 0.1) is 18.1 Å². The number of hydrogen-bond acceptors (Lipinski definition) is 4. The van der Waals surface area contributed by atoms with Crippen LogP contribution in [0.3, 0.4) is 0 Å². The highest BCUT2D eigenvalue weighted by Gasteiger charge is 2.45. The second kappa shape index (κ2) is 8.32. The van der Waals surface area contributed by atoms with E-state index in [1.807, 2.05) is 41.8 Å². The van der Waals surface area contributed by atoms with Crippen LogP contribution in [-0.2, 0) is 11.2 Å². The van der Waals surface area contributed by atoms with Gasteiger partial charge in [-0.15, -0.1) is 11.3 Å². The molecule has 1 aliphatic rings. The van der Waals surface area contributed by atoms with E-state index in [4.69, 9.17) is 10.5 Å². The molecule has 1 aliphatic heterocycles. The summed E-state index contributed by atoms with van der Waals surface area (Å²) in [6.07, 6.45) is 1.05. The molecule has 2 N–H and O–H groups in total. The fourth-order valence-corrected chi connectivity index (χ4v) is 4.97. The predicted molar refractivity (Wildman–Crippen MR) is 119 cm³/mol. The van der Waals surface area contributed by atoms with Crippen LogP contribution in [0.25, 0.3) is 10.4 Å². The Kier molecular flexibility index (Phi) is 5.59. The number of benzene rings is 2. The van der Waals surface area contributed by atoms with E-state index >= 15 is 0 Å². The Bertz CT molecular complexity index is 1060. The topological polar surface area (TPSA) is 72.6 Å². The van der Waals surface area contributed by atoms with Crippen molar-refractivity contribution in [3.05, 3.63) is 77.2 Å². The van der Waals surface area contributed by atoms with Crippen LogP contribution in [0, 0.1) is 5.41 Å². The lowest BCUT2D eigenvalue weighted by atomic mass is 9.79. The van der Waals surface area contributed by atoms with Crippen LogP contribution in [0.1, 0.15) is 22.3 Å². The van der Waals surface area contributed by atoms with Gasteiger partial charge in [-0.2, -0.15) is 0 Å². The molecular formula is C24H24N2O3S. The molecule has 1 atom stereocenters. The summed E-state index contributed by atoms with van der Waals surface area (Å²) in [6.45, 7) is 0.791. The molecule has 0 bridgehead atoms. The van der Waals surface area contributed by atoms with E-state index < -0.39 is 5.41 Å². The molecule has 0 saturated carbocycles. The molecule has 6 heteroatoms. The molecule has 2 amide bonds. The van der Waals surface area contributed by atoms with Gasteiger partial charge in [-0.1, -0.05) is 42.5 Å². The average molecular weight is 421 g/mol. The lowest BCUT2D eigenvalue weighted by molar-refractivity contribution is -0.126. The molecule has 1 aromatic heterocycles. The Labute approximate surface area is 180 Å². The fourth-order valence-electron chi connectivity index (χ4n) is 4.18. The van der Waals surface area contributed by atoms with E-state index in [-0.39, 0.29) is 11.8 Å². The molecule has 3 aromatic rings. The highest BCUT2D eigenvalue weighted by molar-refractivity contribution is 7.13. The molecular weight excluding hydrogens is 396 g/mol. The van der Waals surface area contributed by atoms with E-state index in [0.29, 0.717) is 37.2 Å². The molecule has 1 fully saturated rings. The number of carbonyl (C=O) groups excluding carboxylic acids is 2. The minimum atomic E-state index is -0.787. The smallest absolute Gasteiger partial charge is 0.257 e. The van der Waals surface area contributed by atoms with Gasteiger partial charge in [-0.25, -0.2) is 0 Å². The predicted octanol–water partition coefficient (Wildman–Crippen LogP) is 3.98. The van der Waals surface area contributed by atoms with Crippen LogP contribution in [0.15, 0.2) is 66.0 Å². The van der Waals surface area contributed by atoms with Gasteiger partial charge < -0.3 is 15.4 Å². The number of likely N-dealkylation sites (tertiary alicyclic amines) is 1. The summed E-state index contributed by atoms with van der Waals surface area (Å²) in [4.78, 5) is 28.6. The number of hydrogen-bond donors (Lipinski definition) is 1. The number of nitrogens with zero attached hydrogens (tertiary/aromatic N) is 1.